The van der Waals surface area contributed by atoms with E-state index in [0.717, 1.165) is 21.2 Å². The Morgan fingerprint density at radius 3 is 2.67 bits per heavy atom. The van der Waals surface area contributed by atoms with Gasteiger partial charge in [0.1, 0.15) is 11.6 Å². The number of fused-ring (bicyclic) bond motifs is 1. The second-order valence-corrected chi connectivity index (χ2v) is 4.70. The summed E-state index contributed by atoms with van der Waals surface area (Å²) < 4.78 is 1.00. The lowest BCUT2D eigenvalue weighted by Crippen LogP contribution is -2.02. The Kier molecular flexibility index (Phi) is 2.61. The first-order valence-corrected chi connectivity index (χ1v) is 5.60. The van der Waals surface area contributed by atoms with Gasteiger partial charge in [-0.25, -0.2) is 9.97 Å². The summed E-state index contributed by atoms with van der Waals surface area (Å²) in [6.45, 7) is 4.11. The lowest BCUT2D eigenvalue weighted by atomic mass is 10.2. The SMILES string of the molecule is CC(C)c1nc(N)c2ccc(Br)cc2n1. The fraction of sp³-hybridized carbons (Fsp3) is 0.273. The number of nitrogens with two attached hydrogens (primary N) is 1. The van der Waals surface area contributed by atoms with Crippen LogP contribution in [-0.4, -0.2) is 9.97 Å². The van der Waals surface area contributed by atoms with E-state index in [2.05, 4.69) is 39.7 Å². The topological polar surface area (TPSA) is 51.8 Å². The molecule has 0 atom stereocenters. The molecule has 1 heterocycles. The summed E-state index contributed by atoms with van der Waals surface area (Å²) in [5, 5.41) is 0.905. The van der Waals surface area contributed by atoms with E-state index in [0.29, 0.717) is 5.82 Å². The van der Waals surface area contributed by atoms with E-state index in [9.17, 15) is 0 Å². The van der Waals surface area contributed by atoms with Crippen LogP contribution in [0.3, 0.4) is 0 Å². The largest absolute Gasteiger partial charge is 0.383 e. The van der Waals surface area contributed by atoms with Gasteiger partial charge in [0.2, 0.25) is 0 Å². The van der Waals surface area contributed by atoms with E-state index in [1.54, 1.807) is 0 Å². The molecule has 0 amide bonds. The Balaban J connectivity index is 2.74. The monoisotopic (exact) mass is 265 g/mol. The molecular weight excluding hydrogens is 254 g/mol. The molecule has 2 N–H and O–H groups in total. The molecule has 0 fully saturated rings. The average molecular weight is 266 g/mol. The normalized spacial score (nSPS) is 11.2. The molecule has 0 spiro atoms. The second-order valence-electron chi connectivity index (χ2n) is 3.78. The van der Waals surface area contributed by atoms with Crippen LogP contribution < -0.4 is 5.73 Å². The molecular formula is C11H12BrN3. The van der Waals surface area contributed by atoms with Gasteiger partial charge in [-0.1, -0.05) is 29.8 Å². The molecule has 0 aliphatic heterocycles. The zero-order valence-corrected chi connectivity index (χ0v) is 10.2. The minimum Gasteiger partial charge on any atom is -0.383 e. The highest BCUT2D eigenvalue weighted by Gasteiger charge is 2.08. The molecule has 15 heavy (non-hydrogen) atoms. The molecule has 0 saturated heterocycles. The van der Waals surface area contributed by atoms with Crippen molar-refractivity contribution in [3.8, 4) is 0 Å². The fourth-order valence-corrected chi connectivity index (χ4v) is 1.75. The molecule has 4 heteroatoms. The van der Waals surface area contributed by atoms with Gasteiger partial charge in [-0.2, -0.15) is 0 Å². The standard InChI is InChI=1S/C11H12BrN3/c1-6(2)11-14-9-5-7(12)3-4-8(9)10(13)15-11/h3-6H,1-2H3,(H2,13,14,15). The van der Waals surface area contributed by atoms with Crippen molar-refractivity contribution < 1.29 is 0 Å². The summed E-state index contributed by atoms with van der Waals surface area (Å²) in [6, 6.07) is 5.83. The number of aromatic nitrogens is 2. The number of nitrogen functional groups attached to an aromatic ring is 1. The van der Waals surface area contributed by atoms with Gasteiger partial charge >= 0.3 is 0 Å². The summed E-state index contributed by atoms with van der Waals surface area (Å²) in [4.78, 5) is 8.76. The van der Waals surface area contributed by atoms with Gasteiger partial charge in [-0.15, -0.1) is 0 Å². The van der Waals surface area contributed by atoms with Crippen LogP contribution >= 0.6 is 15.9 Å². The quantitative estimate of drug-likeness (QED) is 0.862. The van der Waals surface area contributed by atoms with Crippen LogP contribution in [0, 0.1) is 0 Å². The zero-order valence-electron chi connectivity index (χ0n) is 8.66. The lowest BCUT2D eigenvalue weighted by molar-refractivity contribution is 0.785. The first kappa shape index (κ1) is 10.4. The third-order valence-electron chi connectivity index (χ3n) is 2.22. The number of anilines is 1. The van der Waals surface area contributed by atoms with Crippen molar-refractivity contribution in [3.05, 3.63) is 28.5 Å². The summed E-state index contributed by atoms with van der Waals surface area (Å²) in [7, 11) is 0. The highest BCUT2D eigenvalue weighted by Crippen LogP contribution is 2.23. The van der Waals surface area contributed by atoms with Crippen LogP contribution in [0.4, 0.5) is 5.82 Å². The molecule has 0 aliphatic rings. The molecule has 0 bridgehead atoms. The molecule has 0 aliphatic carbocycles. The minimum absolute atomic E-state index is 0.288. The Morgan fingerprint density at radius 2 is 2.00 bits per heavy atom. The van der Waals surface area contributed by atoms with Crippen LogP contribution in [0.15, 0.2) is 22.7 Å². The predicted octanol–water partition coefficient (Wildman–Crippen LogP) is 3.10. The number of hydrogen-bond acceptors (Lipinski definition) is 3. The van der Waals surface area contributed by atoms with Crippen molar-refractivity contribution in [2.75, 3.05) is 5.73 Å². The number of rotatable bonds is 1. The van der Waals surface area contributed by atoms with Crippen LogP contribution in [0.1, 0.15) is 25.6 Å². The van der Waals surface area contributed by atoms with Gasteiger partial charge in [0.15, 0.2) is 0 Å². The van der Waals surface area contributed by atoms with Crippen LogP contribution in [-0.2, 0) is 0 Å². The van der Waals surface area contributed by atoms with Crippen LogP contribution in [0.25, 0.3) is 10.9 Å². The third-order valence-corrected chi connectivity index (χ3v) is 2.72. The molecule has 78 valence electrons. The average Bonchev–Trinajstić information content (AvgIpc) is 2.16. The van der Waals surface area contributed by atoms with Gasteiger partial charge in [-0.05, 0) is 18.2 Å². The summed E-state index contributed by atoms with van der Waals surface area (Å²) in [6.07, 6.45) is 0. The number of hydrogen-bond donors (Lipinski definition) is 1. The van der Waals surface area contributed by atoms with E-state index in [-0.39, 0.29) is 5.92 Å². The molecule has 3 nitrogen and oxygen atoms in total. The zero-order chi connectivity index (χ0) is 11.0. The van der Waals surface area contributed by atoms with Crippen molar-refractivity contribution in [1.82, 2.24) is 9.97 Å². The minimum atomic E-state index is 0.288. The van der Waals surface area contributed by atoms with Gasteiger partial charge in [0, 0.05) is 15.8 Å². The highest BCUT2D eigenvalue weighted by molar-refractivity contribution is 9.10. The maximum Gasteiger partial charge on any atom is 0.135 e. The van der Waals surface area contributed by atoms with E-state index in [1.807, 2.05) is 18.2 Å². The predicted molar refractivity (Wildman–Crippen MR) is 65.7 cm³/mol. The van der Waals surface area contributed by atoms with Crippen LogP contribution in [0.2, 0.25) is 0 Å². The molecule has 0 unspecified atom stereocenters. The molecule has 1 aromatic heterocycles. The fourth-order valence-electron chi connectivity index (χ4n) is 1.40. The summed E-state index contributed by atoms with van der Waals surface area (Å²) in [5.41, 5.74) is 6.77. The van der Waals surface area contributed by atoms with Crippen molar-refractivity contribution in [3.63, 3.8) is 0 Å². The van der Waals surface area contributed by atoms with Crippen molar-refractivity contribution >= 4 is 32.7 Å². The molecule has 1 aromatic carbocycles. The molecule has 0 radical (unpaired) electrons. The Morgan fingerprint density at radius 1 is 1.27 bits per heavy atom. The number of nitrogens with zero attached hydrogens (tertiary/aromatic N) is 2. The Bertz CT molecular complexity index is 508. The van der Waals surface area contributed by atoms with Crippen molar-refractivity contribution in [1.29, 1.82) is 0 Å². The van der Waals surface area contributed by atoms with E-state index < -0.39 is 0 Å². The van der Waals surface area contributed by atoms with Gasteiger partial charge in [0.05, 0.1) is 5.52 Å². The molecule has 2 aromatic rings. The lowest BCUT2D eigenvalue weighted by Gasteiger charge is -2.07. The summed E-state index contributed by atoms with van der Waals surface area (Å²) in [5.74, 6) is 1.63. The van der Waals surface area contributed by atoms with E-state index >= 15 is 0 Å². The number of benzene rings is 1. The summed E-state index contributed by atoms with van der Waals surface area (Å²) >= 11 is 3.42. The van der Waals surface area contributed by atoms with Gasteiger partial charge in [-0.3, -0.25) is 0 Å². The van der Waals surface area contributed by atoms with Gasteiger partial charge < -0.3 is 5.73 Å². The van der Waals surface area contributed by atoms with Crippen molar-refractivity contribution in [2.45, 2.75) is 19.8 Å². The molecule has 0 saturated carbocycles. The molecule has 2 rings (SSSR count). The first-order chi connectivity index (χ1) is 7.08. The van der Waals surface area contributed by atoms with Crippen molar-refractivity contribution in [2.24, 2.45) is 0 Å². The second kappa shape index (κ2) is 3.77. The van der Waals surface area contributed by atoms with E-state index in [4.69, 9.17) is 5.73 Å². The smallest absolute Gasteiger partial charge is 0.135 e. The highest BCUT2D eigenvalue weighted by atomic mass is 79.9. The Labute approximate surface area is 96.9 Å². The van der Waals surface area contributed by atoms with Crippen LogP contribution in [0.5, 0.6) is 0 Å². The maximum absolute atomic E-state index is 5.88. The van der Waals surface area contributed by atoms with E-state index in [1.165, 1.54) is 0 Å². The maximum atomic E-state index is 5.88. The first-order valence-electron chi connectivity index (χ1n) is 4.80. The Hall–Kier alpha value is -1.16. The van der Waals surface area contributed by atoms with Gasteiger partial charge in [0.25, 0.3) is 0 Å². The number of halogens is 1. The third kappa shape index (κ3) is 1.95.